The minimum Gasteiger partial charge on any atom is -0.360 e. The second-order valence-electron chi connectivity index (χ2n) is 5.26. The minimum absolute atomic E-state index is 0.293. The molecule has 0 amide bonds. The van der Waals surface area contributed by atoms with E-state index in [9.17, 15) is 16.8 Å². The molecule has 8 heteroatoms. The van der Waals surface area contributed by atoms with E-state index in [1.165, 1.54) is 13.8 Å². The number of hydrogen-bond donors (Lipinski definition) is 0. The third-order valence-corrected chi connectivity index (χ3v) is 6.80. The van der Waals surface area contributed by atoms with Crippen LogP contribution in [-0.2, 0) is 20.1 Å². The highest BCUT2D eigenvalue weighted by Gasteiger charge is 2.47. The quantitative estimate of drug-likeness (QED) is 0.256. The van der Waals surface area contributed by atoms with E-state index in [1.54, 1.807) is 0 Å². The summed E-state index contributed by atoms with van der Waals surface area (Å²) in [6.45, 7) is 2.57. The van der Waals surface area contributed by atoms with Crippen LogP contribution in [0.4, 0.5) is 0 Å². The van der Waals surface area contributed by atoms with E-state index in [0.717, 1.165) is 24.6 Å². The maximum atomic E-state index is 12.4. The van der Waals surface area contributed by atoms with E-state index in [4.69, 9.17) is 5.53 Å². The average molecular weight is 306 g/mol. The lowest BCUT2D eigenvalue weighted by molar-refractivity contribution is -0.00914. The van der Waals surface area contributed by atoms with E-state index in [2.05, 4.69) is 4.79 Å². The lowest BCUT2D eigenvalue weighted by Gasteiger charge is -2.22. The van der Waals surface area contributed by atoms with Crippen molar-refractivity contribution in [3.8, 4) is 0 Å². The summed E-state index contributed by atoms with van der Waals surface area (Å²) < 4.78 is 44.7. The lowest BCUT2D eigenvalue weighted by Crippen LogP contribution is -2.42. The molecule has 0 saturated heterocycles. The first kappa shape index (κ1) is 16.1. The molecular weight excluding hydrogens is 288 g/mol. The topological polar surface area (TPSA) is 105 Å². The molecule has 0 radical (unpaired) electrons. The Labute approximate surface area is 114 Å². The molecule has 0 spiro atoms. The molecule has 1 fully saturated rings. The van der Waals surface area contributed by atoms with Gasteiger partial charge in [0.25, 0.3) is 9.84 Å². The first-order valence-corrected chi connectivity index (χ1v) is 8.75. The van der Waals surface area contributed by atoms with Gasteiger partial charge in [-0.3, -0.25) is 0 Å². The number of sulfone groups is 1. The summed E-state index contributed by atoms with van der Waals surface area (Å²) in [6, 6.07) is 0. The smallest absolute Gasteiger partial charge is 0.360 e. The first-order chi connectivity index (χ1) is 8.72. The summed E-state index contributed by atoms with van der Waals surface area (Å²) in [5.74, 6) is -0.323. The van der Waals surface area contributed by atoms with Crippen molar-refractivity contribution in [2.45, 2.75) is 50.7 Å². The van der Waals surface area contributed by atoms with Gasteiger partial charge >= 0.3 is 5.04 Å². The molecule has 0 aromatic heterocycles. The molecule has 0 aromatic rings. The van der Waals surface area contributed by atoms with Crippen molar-refractivity contribution in [2.75, 3.05) is 0 Å². The molecule has 0 heterocycles. The summed E-state index contributed by atoms with van der Waals surface area (Å²) in [7, 11) is -6.59. The molecule has 0 aromatic carbocycles. The standard InChI is InChI=1S/C11H18N2O4S2/c1-11(2,8-18(14)15)19(16,17)10(13-12)9-6-4-3-5-7-9/h8-9H,3-7H2,1-2H3. The van der Waals surface area contributed by atoms with Crippen molar-refractivity contribution in [1.82, 2.24) is 0 Å². The van der Waals surface area contributed by atoms with Gasteiger partial charge in [0.1, 0.15) is 4.75 Å². The van der Waals surface area contributed by atoms with Gasteiger partial charge in [-0.2, -0.15) is 13.2 Å². The summed E-state index contributed by atoms with van der Waals surface area (Å²) >= 11 is 0. The number of hydrogen-bond acceptors (Lipinski definition) is 4. The van der Waals surface area contributed by atoms with Gasteiger partial charge in [-0.1, -0.05) is 19.3 Å². The van der Waals surface area contributed by atoms with Gasteiger partial charge in [-0.15, -0.1) is 0 Å². The second kappa shape index (κ2) is 5.98. The largest absolute Gasteiger partial charge is 0.385 e. The van der Waals surface area contributed by atoms with Crippen LogP contribution in [0.2, 0.25) is 0 Å². The Morgan fingerprint density at radius 3 is 2.21 bits per heavy atom. The van der Waals surface area contributed by atoms with E-state index >= 15 is 0 Å². The Morgan fingerprint density at radius 2 is 1.79 bits per heavy atom. The fourth-order valence-corrected chi connectivity index (χ4v) is 4.80. The molecule has 1 rings (SSSR count). The van der Waals surface area contributed by atoms with Crippen LogP contribution in [0.3, 0.4) is 0 Å². The van der Waals surface area contributed by atoms with Crippen molar-refractivity contribution in [2.24, 2.45) is 5.92 Å². The molecule has 1 aliphatic rings. The van der Waals surface area contributed by atoms with Crippen molar-refractivity contribution in [3.05, 3.63) is 5.53 Å². The molecule has 0 atom stereocenters. The Bertz CT molecular complexity index is 612. The normalized spacial score (nSPS) is 17.6. The first-order valence-electron chi connectivity index (χ1n) is 6.13. The fraction of sp³-hybridized carbons (Fsp3) is 0.818. The lowest BCUT2D eigenvalue weighted by atomic mass is 9.90. The molecular formula is C11H18N2O4S2. The van der Waals surface area contributed by atoms with Crippen LogP contribution in [0.25, 0.3) is 5.53 Å². The zero-order valence-electron chi connectivity index (χ0n) is 11.0. The van der Waals surface area contributed by atoms with Crippen LogP contribution in [0.15, 0.2) is 0 Å². The maximum Gasteiger partial charge on any atom is 0.385 e. The summed E-state index contributed by atoms with van der Waals surface area (Å²) in [5.41, 5.74) is 9.05. The summed E-state index contributed by atoms with van der Waals surface area (Å²) in [4.78, 5) is 2.96. The molecule has 1 saturated carbocycles. The van der Waals surface area contributed by atoms with Crippen LogP contribution in [0, 0.1) is 5.92 Å². The molecule has 19 heavy (non-hydrogen) atoms. The molecule has 1 aliphatic carbocycles. The zero-order valence-corrected chi connectivity index (χ0v) is 12.7. The van der Waals surface area contributed by atoms with Crippen molar-refractivity contribution >= 4 is 30.5 Å². The predicted molar refractivity (Wildman–Crippen MR) is 73.2 cm³/mol. The van der Waals surface area contributed by atoms with Gasteiger partial charge in [0.15, 0.2) is 0 Å². The van der Waals surface area contributed by atoms with Gasteiger partial charge in [0.05, 0.1) is 11.3 Å². The van der Waals surface area contributed by atoms with E-state index in [1.807, 2.05) is 0 Å². The van der Waals surface area contributed by atoms with E-state index < -0.39 is 24.9 Å². The second-order valence-corrected chi connectivity index (χ2v) is 8.49. The predicted octanol–water partition coefficient (Wildman–Crippen LogP) is 1.07. The SMILES string of the molecule is CC(C)(C=S(=O)=O)S(=O)(=O)C(=[N+]=[N-])C1CCCCC1. The van der Waals surface area contributed by atoms with Gasteiger partial charge < -0.3 is 5.53 Å². The molecule has 0 N–H and O–H groups in total. The van der Waals surface area contributed by atoms with Crippen LogP contribution < -0.4 is 0 Å². The highest BCUT2D eigenvalue weighted by atomic mass is 32.2. The minimum atomic E-state index is -3.99. The van der Waals surface area contributed by atoms with E-state index in [0.29, 0.717) is 12.8 Å². The highest BCUT2D eigenvalue weighted by Crippen LogP contribution is 2.29. The molecule has 0 aliphatic heterocycles. The van der Waals surface area contributed by atoms with Gasteiger partial charge in [0.2, 0.25) is 10.3 Å². The Balaban J connectivity index is 3.24. The fourth-order valence-electron chi connectivity index (χ4n) is 2.27. The van der Waals surface area contributed by atoms with Gasteiger partial charge in [-0.05, 0) is 26.7 Å². The Kier molecular flexibility index (Phi) is 5.06. The summed E-state index contributed by atoms with van der Waals surface area (Å²) in [5, 5.41) is 0.426. The molecule has 0 unspecified atom stereocenters. The van der Waals surface area contributed by atoms with Crippen molar-refractivity contribution < 1.29 is 21.6 Å². The van der Waals surface area contributed by atoms with Crippen LogP contribution in [-0.4, -0.2) is 36.8 Å². The number of rotatable bonds is 3. The average Bonchev–Trinajstić information content (AvgIpc) is 2.29. The maximum absolute atomic E-state index is 12.4. The Morgan fingerprint density at radius 1 is 1.26 bits per heavy atom. The number of nitrogens with zero attached hydrogens (tertiary/aromatic N) is 2. The monoisotopic (exact) mass is 306 g/mol. The molecule has 0 bridgehead atoms. The van der Waals surface area contributed by atoms with Crippen LogP contribution in [0.1, 0.15) is 46.0 Å². The van der Waals surface area contributed by atoms with Crippen LogP contribution >= 0.6 is 0 Å². The van der Waals surface area contributed by atoms with Crippen molar-refractivity contribution in [3.63, 3.8) is 0 Å². The highest BCUT2D eigenvalue weighted by molar-refractivity contribution is 8.08. The molecule has 108 valence electrons. The Hall–Kier alpha value is -0.980. The third-order valence-electron chi connectivity index (χ3n) is 3.40. The van der Waals surface area contributed by atoms with Gasteiger partial charge in [-0.25, -0.2) is 8.42 Å². The van der Waals surface area contributed by atoms with Crippen molar-refractivity contribution in [1.29, 1.82) is 0 Å². The van der Waals surface area contributed by atoms with Gasteiger partial charge in [0, 0.05) is 0 Å². The van der Waals surface area contributed by atoms with E-state index in [-0.39, 0.29) is 11.0 Å². The van der Waals surface area contributed by atoms with Crippen LogP contribution in [0.5, 0.6) is 0 Å². The summed E-state index contributed by atoms with van der Waals surface area (Å²) in [6.07, 6.45) is 4.10. The molecule has 6 nitrogen and oxygen atoms in total. The third kappa shape index (κ3) is 3.52. The zero-order chi connectivity index (χ0) is 14.7.